The number of amidine groups is 1. The normalized spacial score (nSPS) is 21.6. The van der Waals surface area contributed by atoms with Crippen molar-refractivity contribution in [3.05, 3.63) is 24.2 Å². The van der Waals surface area contributed by atoms with Crippen LogP contribution in [-0.2, 0) is 0 Å². The molecule has 1 heterocycles. The molecule has 4 amide bonds. The van der Waals surface area contributed by atoms with Gasteiger partial charge in [0.1, 0.15) is 5.70 Å². The zero-order chi connectivity index (χ0) is 18.6. The SMILES string of the molecule is C=C(CCCC1CCCC1)/N=C1\C(=C/N)N(C)C(=O)N1C(=O)N(C)C. The highest BCUT2D eigenvalue weighted by atomic mass is 16.2. The summed E-state index contributed by atoms with van der Waals surface area (Å²) in [6, 6.07) is -0.917. The fourth-order valence-electron chi connectivity index (χ4n) is 3.37. The Hall–Kier alpha value is -2.31. The van der Waals surface area contributed by atoms with Crippen LogP contribution in [0.25, 0.3) is 0 Å². The van der Waals surface area contributed by atoms with Crippen LogP contribution in [0.4, 0.5) is 9.59 Å². The second kappa shape index (κ2) is 8.18. The minimum Gasteiger partial charge on any atom is -0.403 e. The zero-order valence-electron chi connectivity index (χ0n) is 15.5. The van der Waals surface area contributed by atoms with Gasteiger partial charge in [-0.05, 0) is 18.8 Å². The number of rotatable bonds is 5. The summed E-state index contributed by atoms with van der Waals surface area (Å²) in [7, 11) is 4.75. The van der Waals surface area contributed by atoms with Crippen LogP contribution in [-0.4, -0.2) is 53.7 Å². The van der Waals surface area contributed by atoms with Gasteiger partial charge in [-0.15, -0.1) is 0 Å². The lowest BCUT2D eigenvalue weighted by Crippen LogP contribution is -2.43. The van der Waals surface area contributed by atoms with Crippen LogP contribution in [0.3, 0.4) is 0 Å². The number of amides is 4. The van der Waals surface area contributed by atoms with E-state index in [1.54, 1.807) is 21.1 Å². The second-order valence-corrected chi connectivity index (χ2v) is 6.95. The molecule has 0 atom stereocenters. The molecule has 1 aliphatic carbocycles. The summed E-state index contributed by atoms with van der Waals surface area (Å²) >= 11 is 0. The van der Waals surface area contributed by atoms with Gasteiger partial charge in [0, 0.05) is 33.0 Å². The first-order valence-electron chi connectivity index (χ1n) is 8.84. The molecule has 1 saturated carbocycles. The second-order valence-electron chi connectivity index (χ2n) is 6.95. The molecule has 2 aliphatic rings. The highest BCUT2D eigenvalue weighted by molar-refractivity contribution is 6.23. The molecule has 0 spiro atoms. The minimum atomic E-state index is -0.465. The Labute approximate surface area is 149 Å². The molecule has 7 nitrogen and oxygen atoms in total. The van der Waals surface area contributed by atoms with Crippen molar-refractivity contribution in [1.29, 1.82) is 0 Å². The molecule has 0 unspecified atom stereocenters. The van der Waals surface area contributed by atoms with Crippen molar-refractivity contribution < 1.29 is 9.59 Å². The standard InChI is InChI=1S/C18H29N5O2/c1-13(8-7-11-14-9-5-6-10-14)20-16-15(12-19)22(4)18(25)23(16)17(24)21(2)3/h12,14H,1,5-11,19H2,2-4H3/b15-12+,20-16+. The predicted octanol–water partition coefficient (Wildman–Crippen LogP) is 3.11. The lowest BCUT2D eigenvalue weighted by molar-refractivity contribution is 0.183. The Morgan fingerprint density at radius 1 is 1.40 bits per heavy atom. The number of carbonyl (C=O) groups excluding carboxylic acids is 2. The lowest BCUT2D eigenvalue weighted by Gasteiger charge is -2.19. The van der Waals surface area contributed by atoms with Gasteiger partial charge in [0.2, 0.25) is 0 Å². The number of carbonyl (C=O) groups is 2. The highest BCUT2D eigenvalue weighted by Gasteiger charge is 2.41. The van der Waals surface area contributed by atoms with Crippen molar-refractivity contribution >= 4 is 17.9 Å². The molecule has 25 heavy (non-hydrogen) atoms. The Morgan fingerprint density at radius 2 is 2.04 bits per heavy atom. The first kappa shape index (κ1) is 19.0. The summed E-state index contributed by atoms with van der Waals surface area (Å²) < 4.78 is 0. The van der Waals surface area contributed by atoms with Gasteiger partial charge in [-0.25, -0.2) is 14.6 Å². The average Bonchev–Trinajstić information content (AvgIpc) is 3.15. The smallest absolute Gasteiger partial charge is 0.338 e. The van der Waals surface area contributed by atoms with Gasteiger partial charge in [0.25, 0.3) is 0 Å². The van der Waals surface area contributed by atoms with E-state index in [0.717, 1.165) is 23.7 Å². The molecule has 0 radical (unpaired) electrons. The molecular weight excluding hydrogens is 318 g/mol. The lowest BCUT2D eigenvalue weighted by atomic mass is 10.0. The average molecular weight is 347 g/mol. The third kappa shape index (κ3) is 4.21. The summed E-state index contributed by atoms with van der Waals surface area (Å²) in [5.74, 6) is 1.07. The summed E-state index contributed by atoms with van der Waals surface area (Å²) in [5.41, 5.74) is 6.73. The molecule has 2 rings (SSSR count). The number of hydrogen-bond acceptors (Lipinski definition) is 4. The number of allylic oxidation sites excluding steroid dienone is 1. The summed E-state index contributed by atoms with van der Waals surface area (Å²) in [5, 5.41) is 0. The molecule has 2 N–H and O–H groups in total. The first-order chi connectivity index (χ1) is 11.9. The van der Waals surface area contributed by atoms with Crippen molar-refractivity contribution in [3.63, 3.8) is 0 Å². The predicted molar refractivity (Wildman–Crippen MR) is 98.7 cm³/mol. The van der Waals surface area contributed by atoms with Gasteiger partial charge >= 0.3 is 12.1 Å². The van der Waals surface area contributed by atoms with E-state index in [1.807, 2.05) is 0 Å². The van der Waals surface area contributed by atoms with E-state index in [4.69, 9.17) is 5.73 Å². The van der Waals surface area contributed by atoms with E-state index < -0.39 is 12.1 Å². The van der Waals surface area contributed by atoms with Crippen molar-refractivity contribution in [2.24, 2.45) is 16.6 Å². The largest absolute Gasteiger partial charge is 0.403 e. The maximum atomic E-state index is 12.4. The van der Waals surface area contributed by atoms with E-state index in [1.165, 1.54) is 48.1 Å². The minimum absolute atomic E-state index is 0.250. The molecule has 1 aliphatic heterocycles. The van der Waals surface area contributed by atoms with Gasteiger partial charge < -0.3 is 10.6 Å². The van der Waals surface area contributed by atoms with Gasteiger partial charge in [-0.2, -0.15) is 4.90 Å². The Morgan fingerprint density at radius 3 is 2.60 bits per heavy atom. The maximum Gasteiger partial charge on any atom is 0.338 e. The van der Waals surface area contributed by atoms with Crippen LogP contribution in [0.15, 0.2) is 29.2 Å². The summed E-state index contributed by atoms with van der Waals surface area (Å²) in [6.45, 7) is 4.00. The molecule has 0 aromatic heterocycles. The van der Waals surface area contributed by atoms with Crippen LogP contribution in [0.2, 0.25) is 0 Å². The quantitative estimate of drug-likeness (QED) is 0.829. The van der Waals surface area contributed by atoms with Crippen LogP contribution in [0, 0.1) is 5.92 Å². The van der Waals surface area contributed by atoms with Gasteiger partial charge in [0.05, 0.1) is 0 Å². The number of hydrogen-bond donors (Lipinski definition) is 1. The Balaban J connectivity index is 2.10. The number of urea groups is 2. The van der Waals surface area contributed by atoms with Crippen LogP contribution in [0.5, 0.6) is 0 Å². The number of nitrogens with zero attached hydrogens (tertiary/aromatic N) is 4. The van der Waals surface area contributed by atoms with Gasteiger partial charge in [-0.3, -0.25) is 4.90 Å². The van der Waals surface area contributed by atoms with Crippen molar-refractivity contribution in [2.45, 2.75) is 44.9 Å². The Bertz CT molecular complexity index is 603. The third-order valence-electron chi connectivity index (χ3n) is 4.83. The van der Waals surface area contributed by atoms with E-state index in [-0.39, 0.29) is 5.84 Å². The van der Waals surface area contributed by atoms with Gasteiger partial charge in [0.15, 0.2) is 5.84 Å². The number of nitrogens with two attached hydrogens (primary N) is 1. The van der Waals surface area contributed by atoms with Crippen LogP contribution >= 0.6 is 0 Å². The van der Waals surface area contributed by atoms with E-state index in [9.17, 15) is 9.59 Å². The number of imide groups is 1. The topological polar surface area (TPSA) is 82.2 Å². The summed E-state index contributed by atoms with van der Waals surface area (Å²) in [4.78, 5) is 32.9. The molecule has 0 aromatic carbocycles. The highest BCUT2D eigenvalue weighted by Crippen LogP contribution is 2.30. The first-order valence-corrected chi connectivity index (χ1v) is 8.84. The van der Waals surface area contributed by atoms with Crippen LogP contribution < -0.4 is 5.73 Å². The molecular formula is C18H29N5O2. The van der Waals surface area contributed by atoms with Crippen molar-refractivity contribution in [2.75, 3.05) is 21.1 Å². The number of likely N-dealkylation sites (N-methyl/N-ethyl adjacent to an activating group) is 1. The van der Waals surface area contributed by atoms with E-state index in [2.05, 4.69) is 11.6 Å². The van der Waals surface area contributed by atoms with Crippen LogP contribution in [0.1, 0.15) is 44.9 Å². The number of aliphatic imine (C=N–C) groups is 1. The molecule has 138 valence electrons. The fourth-order valence-corrected chi connectivity index (χ4v) is 3.37. The van der Waals surface area contributed by atoms with Gasteiger partial charge in [-0.1, -0.05) is 38.7 Å². The maximum absolute atomic E-state index is 12.4. The van der Waals surface area contributed by atoms with E-state index >= 15 is 0 Å². The molecule has 2 fully saturated rings. The monoisotopic (exact) mass is 347 g/mol. The fraction of sp³-hybridized carbons (Fsp3) is 0.611. The summed E-state index contributed by atoms with van der Waals surface area (Å²) in [6.07, 6.45) is 9.58. The molecule has 0 aromatic rings. The van der Waals surface area contributed by atoms with E-state index in [0.29, 0.717) is 11.4 Å². The van der Waals surface area contributed by atoms with Crippen molar-refractivity contribution in [3.8, 4) is 0 Å². The molecule has 7 heteroatoms. The third-order valence-corrected chi connectivity index (χ3v) is 4.83. The molecule has 1 saturated heterocycles. The molecule has 0 bridgehead atoms. The Kier molecular flexibility index (Phi) is 6.22. The zero-order valence-corrected chi connectivity index (χ0v) is 15.5. The van der Waals surface area contributed by atoms with Crippen molar-refractivity contribution in [1.82, 2.24) is 14.7 Å².